The summed E-state index contributed by atoms with van der Waals surface area (Å²) >= 11 is 6.35. The Morgan fingerprint density at radius 1 is 0.944 bits per heavy atom. The van der Waals surface area contributed by atoms with E-state index in [1.165, 1.54) is 29.2 Å². The van der Waals surface area contributed by atoms with Crippen LogP contribution in [0.4, 0.5) is 10.1 Å². The molecule has 0 saturated carbocycles. The number of amides is 2. The molecular weight excluding hydrogens is 477 g/mol. The van der Waals surface area contributed by atoms with E-state index in [0.29, 0.717) is 10.6 Å². The van der Waals surface area contributed by atoms with E-state index in [9.17, 15) is 14.0 Å². The quantitative estimate of drug-likeness (QED) is 0.324. The zero-order valence-electron chi connectivity index (χ0n) is 19.9. The number of carbonyl (C=O) groups is 2. The highest BCUT2D eigenvalue weighted by Gasteiger charge is 2.37. The van der Waals surface area contributed by atoms with Gasteiger partial charge in [-0.1, -0.05) is 35.9 Å². The Morgan fingerprint density at radius 2 is 1.67 bits per heavy atom. The lowest BCUT2D eigenvalue weighted by atomic mass is 9.97. The van der Waals surface area contributed by atoms with Crippen molar-refractivity contribution in [2.24, 2.45) is 0 Å². The summed E-state index contributed by atoms with van der Waals surface area (Å²) < 4.78 is 15.5. The van der Waals surface area contributed by atoms with Gasteiger partial charge < -0.3 is 9.47 Å². The highest BCUT2D eigenvalue weighted by Crippen LogP contribution is 2.42. The van der Waals surface area contributed by atoms with Gasteiger partial charge in [0.05, 0.1) is 17.1 Å². The van der Waals surface area contributed by atoms with Crippen molar-refractivity contribution in [2.45, 2.75) is 25.9 Å². The fourth-order valence-corrected chi connectivity index (χ4v) is 4.92. The highest BCUT2D eigenvalue weighted by molar-refractivity contribution is 6.30. The third kappa shape index (κ3) is 4.29. The maximum atomic E-state index is 14.1. The molecule has 182 valence electrons. The SMILES string of the molecule is CC(C)N(CC(=O)N1c2ccccc2-n2cccc2C1c1cccc(Cl)c1)C(=O)c1ccc(F)cc1. The molecule has 1 atom stereocenters. The van der Waals surface area contributed by atoms with Crippen molar-refractivity contribution in [3.8, 4) is 5.69 Å². The first-order valence-corrected chi connectivity index (χ1v) is 12.1. The molecule has 5 rings (SSSR count). The van der Waals surface area contributed by atoms with E-state index in [4.69, 9.17) is 11.6 Å². The summed E-state index contributed by atoms with van der Waals surface area (Å²) in [7, 11) is 0. The van der Waals surface area contributed by atoms with Gasteiger partial charge in [-0.3, -0.25) is 14.5 Å². The van der Waals surface area contributed by atoms with Crippen molar-refractivity contribution < 1.29 is 14.0 Å². The second kappa shape index (κ2) is 9.63. The largest absolute Gasteiger partial charge is 0.327 e. The first kappa shape index (κ1) is 23.8. The molecule has 36 heavy (non-hydrogen) atoms. The minimum absolute atomic E-state index is 0.139. The van der Waals surface area contributed by atoms with Crippen molar-refractivity contribution in [1.82, 2.24) is 9.47 Å². The second-order valence-electron chi connectivity index (χ2n) is 9.05. The molecule has 3 aromatic carbocycles. The lowest BCUT2D eigenvalue weighted by Crippen LogP contribution is -2.48. The maximum Gasteiger partial charge on any atom is 0.254 e. The van der Waals surface area contributed by atoms with Gasteiger partial charge in [0, 0.05) is 22.8 Å². The van der Waals surface area contributed by atoms with E-state index in [2.05, 4.69) is 4.57 Å². The Kier molecular flexibility index (Phi) is 6.37. The molecule has 0 fully saturated rings. The number of benzene rings is 3. The third-order valence-electron chi connectivity index (χ3n) is 6.43. The number of aromatic nitrogens is 1. The molecule has 0 radical (unpaired) electrons. The summed E-state index contributed by atoms with van der Waals surface area (Å²) in [6.07, 6.45) is 1.98. The molecule has 0 saturated heterocycles. The summed E-state index contributed by atoms with van der Waals surface area (Å²) in [5.41, 5.74) is 3.74. The van der Waals surface area contributed by atoms with Crippen molar-refractivity contribution in [2.75, 3.05) is 11.4 Å². The van der Waals surface area contributed by atoms with Gasteiger partial charge in [0.1, 0.15) is 18.4 Å². The van der Waals surface area contributed by atoms with Gasteiger partial charge in [-0.05, 0) is 80.1 Å². The van der Waals surface area contributed by atoms with E-state index in [1.807, 2.05) is 74.6 Å². The number of para-hydroxylation sites is 2. The van der Waals surface area contributed by atoms with Gasteiger partial charge >= 0.3 is 0 Å². The van der Waals surface area contributed by atoms with Crippen LogP contribution < -0.4 is 4.90 Å². The number of halogens is 2. The predicted octanol–water partition coefficient (Wildman–Crippen LogP) is 6.26. The minimum Gasteiger partial charge on any atom is -0.327 e. The van der Waals surface area contributed by atoms with E-state index in [0.717, 1.165) is 22.6 Å². The predicted molar refractivity (Wildman–Crippen MR) is 139 cm³/mol. The van der Waals surface area contributed by atoms with Crippen LogP contribution in [-0.2, 0) is 4.79 Å². The van der Waals surface area contributed by atoms with E-state index >= 15 is 0 Å². The van der Waals surface area contributed by atoms with E-state index in [-0.39, 0.29) is 24.4 Å². The lowest BCUT2D eigenvalue weighted by molar-refractivity contribution is -0.120. The van der Waals surface area contributed by atoms with Crippen LogP contribution in [0.5, 0.6) is 0 Å². The van der Waals surface area contributed by atoms with Crippen LogP contribution in [0.25, 0.3) is 5.69 Å². The average Bonchev–Trinajstić information content (AvgIpc) is 3.36. The number of hydrogen-bond donors (Lipinski definition) is 0. The van der Waals surface area contributed by atoms with E-state index < -0.39 is 11.9 Å². The van der Waals surface area contributed by atoms with E-state index in [1.54, 1.807) is 11.0 Å². The molecule has 0 N–H and O–H groups in total. The van der Waals surface area contributed by atoms with Gasteiger partial charge in [0.15, 0.2) is 0 Å². The minimum atomic E-state index is -0.434. The molecule has 7 heteroatoms. The summed E-state index contributed by atoms with van der Waals surface area (Å²) in [6, 6.07) is 23.8. The lowest BCUT2D eigenvalue weighted by Gasteiger charge is -2.40. The van der Waals surface area contributed by atoms with Crippen LogP contribution in [0.2, 0.25) is 5.02 Å². The standard InChI is InChI=1S/C29H25ClFN3O2/c1-19(2)33(29(36)20-12-14-23(31)15-13-20)18-27(35)34-25-10-4-3-9-24(25)32-16-6-11-26(32)28(34)21-7-5-8-22(30)17-21/h3-17,19,28H,18H2,1-2H3. The third-order valence-corrected chi connectivity index (χ3v) is 6.67. The topological polar surface area (TPSA) is 45.6 Å². The molecule has 1 unspecified atom stereocenters. The van der Waals surface area contributed by atoms with Crippen molar-refractivity contribution in [1.29, 1.82) is 0 Å². The van der Waals surface area contributed by atoms with Crippen molar-refractivity contribution in [3.05, 3.63) is 119 Å². The van der Waals surface area contributed by atoms with Crippen molar-refractivity contribution >= 4 is 29.1 Å². The van der Waals surface area contributed by atoms with Crippen molar-refractivity contribution in [3.63, 3.8) is 0 Å². The molecule has 1 aliphatic heterocycles. The normalized spacial score (nSPS) is 14.4. The number of carbonyl (C=O) groups excluding carboxylic acids is 2. The van der Waals surface area contributed by atoms with Crippen LogP contribution in [-0.4, -0.2) is 33.9 Å². The molecular formula is C29H25ClFN3O2. The molecule has 1 aromatic heterocycles. The fourth-order valence-electron chi connectivity index (χ4n) is 4.72. The zero-order valence-corrected chi connectivity index (χ0v) is 20.7. The molecule has 1 aliphatic rings. The zero-order chi connectivity index (χ0) is 25.4. The molecule has 0 bridgehead atoms. The molecule has 4 aromatic rings. The molecule has 5 nitrogen and oxygen atoms in total. The van der Waals surface area contributed by atoms with Crippen LogP contribution in [0.3, 0.4) is 0 Å². The second-order valence-corrected chi connectivity index (χ2v) is 9.48. The maximum absolute atomic E-state index is 14.1. The number of fused-ring (bicyclic) bond motifs is 3. The summed E-state index contributed by atoms with van der Waals surface area (Å²) in [5, 5.41) is 0.576. The Hall–Kier alpha value is -3.90. The number of hydrogen-bond acceptors (Lipinski definition) is 2. The molecule has 2 amide bonds. The summed E-state index contributed by atoms with van der Waals surface area (Å²) in [4.78, 5) is 30.7. The summed E-state index contributed by atoms with van der Waals surface area (Å²) in [5.74, 6) is -0.980. The monoisotopic (exact) mass is 501 g/mol. The molecule has 0 aliphatic carbocycles. The van der Waals surface area contributed by atoms with Gasteiger partial charge in [-0.2, -0.15) is 0 Å². The van der Waals surface area contributed by atoms with Crippen LogP contribution >= 0.6 is 11.6 Å². The van der Waals surface area contributed by atoms with Gasteiger partial charge in [0.25, 0.3) is 5.91 Å². The first-order chi connectivity index (χ1) is 17.3. The fraction of sp³-hybridized carbons (Fsp3) is 0.172. The Balaban J connectivity index is 1.57. The highest BCUT2D eigenvalue weighted by atomic mass is 35.5. The van der Waals surface area contributed by atoms with Crippen LogP contribution in [0, 0.1) is 5.82 Å². The summed E-state index contributed by atoms with van der Waals surface area (Å²) in [6.45, 7) is 3.58. The molecule has 2 heterocycles. The molecule has 0 spiro atoms. The number of anilines is 1. The van der Waals surface area contributed by atoms with Gasteiger partial charge in [-0.15, -0.1) is 0 Å². The average molecular weight is 502 g/mol. The van der Waals surface area contributed by atoms with Crippen LogP contribution in [0.1, 0.15) is 41.5 Å². The Bertz CT molecular complexity index is 1430. The number of rotatable bonds is 5. The number of nitrogens with zero attached hydrogens (tertiary/aromatic N) is 3. The van der Waals surface area contributed by atoms with Gasteiger partial charge in [-0.25, -0.2) is 4.39 Å². The smallest absolute Gasteiger partial charge is 0.254 e. The van der Waals surface area contributed by atoms with Gasteiger partial charge in [0.2, 0.25) is 5.91 Å². The van der Waals surface area contributed by atoms with Crippen LogP contribution in [0.15, 0.2) is 91.1 Å². The Morgan fingerprint density at radius 3 is 2.36 bits per heavy atom. The Labute approximate surface area is 214 Å². The first-order valence-electron chi connectivity index (χ1n) is 11.8.